The molecular weight excluding hydrogens is 150 g/mol. The Morgan fingerprint density at radius 3 is 1.50 bits per heavy atom. The molecule has 3 nitrogen and oxygen atoms in total. The molecule has 0 atom stereocenters. The van der Waals surface area contributed by atoms with Crippen LogP contribution in [0.1, 0.15) is 0 Å². The summed E-state index contributed by atoms with van der Waals surface area (Å²) >= 11 is 0. The molecule has 0 saturated carbocycles. The van der Waals surface area contributed by atoms with Crippen molar-refractivity contribution in [1.82, 2.24) is 0 Å². The molecule has 0 aromatic heterocycles. The van der Waals surface area contributed by atoms with Gasteiger partial charge in [0, 0.05) is 0 Å². The van der Waals surface area contributed by atoms with E-state index in [1.807, 2.05) is 0 Å². The van der Waals surface area contributed by atoms with Gasteiger partial charge in [-0.05, 0) is 0 Å². The van der Waals surface area contributed by atoms with Crippen LogP contribution in [0.3, 0.4) is 0 Å². The molecule has 0 aliphatic rings. The fourth-order valence-electron chi connectivity index (χ4n) is 0. The summed E-state index contributed by atoms with van der Waals surface area (Å²) in [5.41, 5.74) is 0. The van der Waals surface area contributed by atoms with Crippen LogP contribution in [-0.4, -0.2) is 13.9 Å². The Hall–Kier alpha value is 0.546. The van der Waals surface area contributed by atoms with Crippen molar-refractivity contribution < 1.29 is 35.6 Å². The Labute approximate surface area is 45.4 Å². The molecule has 0 heterocycles. The standard InChI is InChI=1S/FHO3Si.Mn/c1-5(2,3)4;/h2H;/q-2;+2. The minimum atomic E-state index is -5.61. The van der Waals surface area contributed by atoms with Crippen molar-refractivity contribution in [2.45, 2.75) is 0 Å². The zero-order chi connectivity index (χ0) is 4.50. The van der Waals surface area contributed by atoms with E-state index in [1.54, 1.807) is 0 Å². The van der Waals surface area contributed by atoms with Gasteiger partial charge >= 0.3 is 17.1 Å². The van der Waals surface area contributed by atoms with Crippen molar-refractivity contribution in [3.63, 3.8) is 0 Å². The van der Waals surface area contributed by atoms with E-state index < -0.39 is 9.14 Å². The molecule has 0 bridgehead atoms. The topological polar surface area (TPSA) is 66.3 Å². The van der Waals surface area contributed by atoms with Crippen LogP contribution in [0.25, 0.3) is 0 Å². The van der Waals surface area contributed by atoms with Gasteiger partial charge in [-0.1, -0.05) is 0 Å². The Kier molecular flexibility index (Phi) is 4.34. The summed E-state index contributed by atoms with van der Waals surface area (Å²) in [5, 5.41) is 0. The minimum absolute atomic E-state index is 0. The molecule has 1 N–H and O–H groups in total. The fraction of sp³-hybridized carbons (Fsp3) is 0. The Morgan fingerprint density at radius 1 is 1.50 bits per heavy atom. The molecule has 0 saturated heterocycles. The smallest absolute Gasteiger partial charge is 0.825 e. The van der Waals surface area contributed by atoms with E-state index in [4.69, 9.17) is 14.4 Å². The Balaban J connectivity index is 0. The molecule has 1 radical (unpaired) electrons. The summed E-state index contributed by atoms with van der Waals surface area (Å²) in [5.74, 6) is 0. The van der Waals surface area contributed by atoms with Crippen LogP contribution in [0.2, 0.25) is 0 Å². The first kappa shape index (κ1) is 9.74. The maximum absolute atomic E-state index is 10.3. The van der Waals surface area contributed by atoms with Crippen LogP contribution in [0.15, 0.2) is 0 Å². The van der Waals surface area contributed by atoms with Gasteiger partial charge in [0.05, 0.1) is 0 Å². The quantitative estimate of drug-likeness (QED) is 0.298. The van der Waals surface area contributed by atoms with Crippen molar-refractivity contribution in [1.29, 1.82) is 0 Å². The van der Waals surface area contributed by atoms with Crippen LogP contribution in [-0.2, 0) is 17.1 Å². The SMILES string of the molecule is [Mn+2].[O-][Si]([O-])(O)F. The molecule has 0 rings (SSSR count). The summed E-state index contributed by atoms with van der Waals surface area (Å²) in [6.07, 6.45) is 0. The van der Waals surface area contributed by atoms with Gasteiger partial charge in [-0.3, -0.25) is 0 Å². The monoisotopic (exact) mass is 151 g/mol. The number of hydrogen-bond donors (Lipinski definition) is 1. The van der Waals surface area contributed by atoms with Gasteiger partial charge in [0.15, 0.2) is 0 Å². The number of hydrogen-bond acceptors (Lipinski definition) is 3. The maximum Gasteiger partial charge on any atom is 2.00 e. The molecule has 0 amide bonds. The first-order valence-corrected chi connectivity index (χ1v) is 2.46. The molecule has 6 heavy (non-hydrogen) atoms. The largest absolute Gasteiger partial charge is 2.00 e. The van der Waals surface area contributed by atoms with Gasteiger partial charge < -0.3 is 18.5 Å². The van der Waals surface area contributed by atoms with Crippen molar-refractivity contribution in [2.24, 2.45) is 0 Å². The van der Waals surface area contributed by atoms with Gasteiger partial charge in [-0.15, -0.1) is 0 Å². The average Bonchev–Trinajstić information content (AvgIpc) is 0.722. The summed E-state index contributed by atoms with van der Waals surface area (Å²) in [6.45, 7) is 0. The molecule has 0 aromatic carbocycles. The normalized spacial score (nSPS) is 10.0. The third-order valence-corrected chi connectivity index (χ3v) is 0. The van der Waals surface area contributed by atoms with Gasteiger partial charge in [-0.25, -0.2) is 0 Å². The maximum atomic E-state index is 10.3. The first-order chi connectivity index (χ1) is 2.00. The molecule has 0 unspecified atom stereocenters. The van der Waals surface area contributed by atoms with E-state index in [0.717, 1.165) is 0 Å². The molecule has 0 fully saturated rings. The first-order valence-electron chi connectivity index (χ1n) is 0.821. The summed E-state index contributed by atoms with van der Waals surface area (Å²) < 4.78 is 10.3. The molecule has 6 heteroatoms. The van der Waals surface area contributed by atoms with Gasteiger partial charge in [0.1, 0.15) is 0 Å². The van der Waals surface area contributed by atoms with Crippen molar-refractivity contribution in [2.75, 3.05) is 0 Å². The number of halogens is 1. The Morgan fingerprint density at radius 2 is 1.50 bits per heavy atom. The van der Waals surface area contributed by atoms with Crippen LogP contribution in [0, 0.1) is 0 Å². The average molecular weight is 151 g/mol. The van der Waals surface area contributed by atoms with Gasteiger partial charge in [0.25, 0.3) is 0 Å². The van der Waals surface area contributed by atoms with Gasteiger partial charge in [0.2, 0.25) is 9.14 Å². The van der Waals surface area contributed by atoms with Gasteiger partial charge in [-0.2, -0.15) is 0 Å². The predicted molar refractivity (Wildman–Crippen MR) is 9.08 cm³/mol. The van der Waals surface area contributed by atoms with Crippen LogP contribution < -0.4 is 9.59 Å². The Bertz CT molecular complexity index is 26.3. The molecule has 0 aliphatic carbocycles. The van der Waals surface area contributed by atoms with Crippen LogP contribution in [0.4, 0.5) is 4.11 Å². The van der Waals surface area contributed by atoms with E-state index in [9.17, 15) is 4.11 Å². The van der Waals surface area contributed by atoms with E-state index in [0.29, 0.717) is 0 Å². The second kappa shape index (κ2) is 2.68. The van der Waals surface area contributed by atoms with E-state index in [1.165, 1.54) is 0 Å². The summed E-state index contributed by atoms with van der Waals surface area (Å²) in [4.78, 5) is 24.0. The van der Waals surface area contributed by atoms with Crippen LogP contribution >= 0.6 is 0 Å². The molecule has 0 spiro atoms. The predicted octanol–water partition coefficient (Wildman–Crippen LogP) is -2.90. The zero-order valence-corrected chi connectivity index (χ0v) is 4.70. The summed E-state index contributed by atoms with van der Waals surface area (Å²) in [6, 6.07) is 0. The van der Waals surface area contributed by atoms with Crippen molar-refractivity contribution in [3.05, 3.63) is 0 Å². The second-order valence-electron chi connectivity index (χ2n) is 0.505. The second-order valence-corrected chi connectivity index (χ2v) is 1.51. The zero-order valence-electron chi connectivity index (χ0n) is 2.52. The van der Waals surface area contributed by atoms with Crippen molar-refractivity contribution in [3.8, 4) is 0 Å². The molecule has 37 valence electrons. The van der Waals surface area contributed by atoms with Crippen LogP contribution in [0.5, 0.6) is 0 Å². The fourth-order valence-corrected chi connectivity index (χ4v) is 0. The van der Waals surface area contributed by atoms with E-state index >= 15 is 0 Å². The molecular formula is HFMnO3Si. The van der Waals surface area contributed by atoms with E-state index in [2.05, 4.69) is 0 Å². The molecule has 0 aromatic rings. The summed E-state index contributed by atoms with van der Waals surface area (Å²) in [7, 11) is -5.61. The van der Waals surface area contributed by atoms with E-state index in [-0.39, 0.29) is 17.1 Å². The third-order valence-electron chi connectivity index (χ3n) is 0. The van der Waals surface area contributed by atoms with Crippen molar-refractivity contribution >= 4 is 9.14 Å². The number of rotatable bonds is 0. The minimum Gasteiger partial charge on any atom is -0.825 e. The molecule has 0 aliphatic heterocycles. The third kappa shape index (κ3) is 192.